The van der Waals surface area contributed by atoms with Crippen LogP contribution in [0.3, 0.4) is 0 Å². The number of carbonyl (C=O) groups is 1. The Morgan fingerprint density at radius 2 is 2.00 bits per heavy atom. The summed E-state index contributed by atoms with van der Waals surface area (Å²) in [7, 11) is 0. The summed E-state index contributed by atoms with van der Waals surface area (Å²) in [5.41, 5.74) is 1.92. The lowest BCUT2D eigenvalue weighted by Crippen LogP contribution is -2.01. The summed E-state index contributed by atoms with van der Waals surface area (Å²) in [5, 5.41) is 1.09. The van der Waals surface area contributed by atoms with Crippen LogP contribution in [0.1, 0.15) is 25.0 Å². The van der Waals surface area contributed by atoms with Gasteiger partial charge < -0.3 is 4.42 Å². The van der Waals surface area contributed by atoms with Gasteiger partial charge in [-0.1, -0.05) is 18.2 Å². The molecule has 0 saturated heterocycles. The highest BCUT2D eigenvalue weighted by molar-refractivity contribution is 5.98. The van der Waals surface area contributed by atoms with E-state index < -0.39 is 0 Å². The number of fused-ring (bicyclic) bond motifs is 1. The fourth-order valence-electron chi connectivity index (χ4n) is 2.13. The largest absolute Gasteiger partial charge is 0.456 e. The Hall–Kier alpha value is -1.83. The Balaban J connectivity index is 2.09. The molecule has 0 bridgehead atoms. The minimum absolute atomic E-state index is 0.210. The normalized spacial score (nSPS) is 16.5. The molecule has 0 fully saturated rings. The first-order valence-corrected chi connectivity index (χ1v) is 5.55. The van der Waals surface area contributed by atoms with Crippen molar-refractivity contribution in [3.8, 4) is 0 Å². The van der Waals surface area contributed by atoms with Crippen LogP contribution in [0.4, 0.5) is 0 Å². The van der Waals surface area contributed by atoms with Gasteiger partial charge in [0.25, 0.3) is 0 Å². The molecular formula is C14H12O2. The van der Waals surface area contributed by atoms with Gasteiger partial charge in [-0.2, -0.15) is 0 Å². The summed E-state index contributed by atoms with van der Waals surface area (Å²) in [6, 6.07) is 9.93. The van der Waals surface area contributed by atoms with Gasteiger partial charge >= 0.3 is 0 Å². The van der Waals surface area contributed by atoms with E-state index >= 15 is 0 Å². The van der Waals surface area contributed by atoms with Gasteiger partial charge in [0.15, 0.2) is 5.78 Å². The molecule has 80 valence electrons. The molecule has 3 rings (SSSR count). The van der Waals surface area contributed by atoms with Crippen molar-refractivity contribution in [2.75, 3.05) is 0 Å². The van der Waals surface area contributed by atoms with E-state index in [1.807, 2.05) is 30.3 Å². The smallest absolute Gasteiger partial charge is 0.156 e. The van der Waals surface area contributed by atoms with Gasteiger partial charge in [0, 0.05) is 11.8 Å². The van der Waals surface area contributed by atoms with Crippen LogP contribution in [0, 0.1) is 0 Å². The fraction of sp³-hybridized carbons (Fsp3) is 0.214. The number of furan rings is 1. The molecule has 2 aromatic rings. The van der Waals surface area contributed by atoms with Crippen molar-refractivity contribution in [1.82, 2.24) is 0 Å². The van der Waals surface area contributed by atoms with Crippen molar-refractivity contribution >= 4 is 22.3 Å². The Bertz CT molecular complexity index is 542. The number of ketones is 1. The summed E-state index contributed by atoms with van der Waals surface area (Å²) in [5.74, 6) is 1.05. The summed E-state index contributed by atoms with van der Waals surface area (Å²) < 4.78 is 5.74. The van der Waals surface area contributed by atoms with Gasteiger partial charge in [-0.25, -0.2) is 0 Å². The maximum absolute atomic E-state index is 11.3. The molecule has 0 aliphatic heterocycles. The van der Waals surface area contributed by atoms with Crippen molar-refractivity contribution in [2.24, 2.45) is 0 Å². The fourth-order valence-corrected chi connectivity index (χ4v) is 2.13. The monoisotopic (exact) mass is 212 g/mol. The number of hydrogen-bond acceptors (Lipinski definition) is 2. The summed E-state index contributed by atoms with van der Waals surface area (Å²) >= 11 is 0. The highest BCUT2D eigenvalue weighted by Gasteiger charge is 2.14. The lowest BCUT2D eigenvalue weighted by atomic mass is 9.97. The highest BCUT2D eigenvalue weighted by Crippen LogP contribution is 2.29. The molecular weight excluding hydrogens is 200 g/mol. The molecule has 0 spiro atoms. The number of benzene rings is 1. The molecule has 0 N–H and O–H groups in total. The van der Waals surface area contributed by atoms with Crippen molar-refractivity contribution in [1.29, 1.82) is 0 Å². The topological polar surface area (TPSA) is 30.2 Å². The van der Waals surface area contributed by atoms with Gasteiger partial charge in [-0.3, -0.25) is 4.79 Å². The molecule has 0 saturated carbocycles. The maximum atomic E-state index is 11.3. The van der Waals surface area contributed by atoms with Gasteiger partial charge in [0.05, 0.1) is 0 Å². The minimum Gasteiger partial charge on any atom is -0.456 e. The second-order valence-corrected chi connectivity index (χ2v) is 4.14. The van der Waals surface area contributed by atoms with E-state index in [4.69, 9.17) is 4.42 Å². The van der Waals surface area contributed by atoms with Crippen LogP contribution in [0.2, 0.25) is 0 Å². The Labute approximate surface area is 93.6 Å². The highest BCUT2D eigenvalue weighted by atomic mass is 16.3. The summed E-state index contributed by atoms with van der Waals surface area (Å²) in [6.45, 7) is 0. The molecule has 0 amide bonds. The predicted molar refractivity (Wildman–Crippen MR) is 63.0 cm³/mol. The van der Waals surface area contributed by atoms with E-state index in [2.05, 4.69) is 0 Å². The van der Waals surface area contributed by atoms with E-state index in [-0.39, 0.29) is 5.78 Å². The lowest BCUT2D eigenvalue weighted by Gasteiger charge is -2.08. The van der Waals surface area contributed by atoms with Gasteiger partial charge in [0.2, 0.25) is 0 Å². The zero-order valence-electron chi connectivity index (χ0n) is 8.90. The molecule has 1 heterocycles. The second kappa shape index (κ2) is 3.63. The van der Waals surface area contributed by atoms with Crippen molar-refractivity contribution in [3.05, 3.63) is 42.2 Å². The first-order chi connectivity index (χ1) is 7.83. The zero-order chi connectivity index (χ0) is 11.0. The minimum atomic E-state index is 0.210. The van der Waals surface area contributed by atoms with Gasteiger partial charge in [-0.15, -0.1) is 0 Å². The van der Waals surface area contributed by atoms with Crippen LogP contribution in [0.5, 0.6) is 0 Å². The number of carbonyl (C=O) groups excluding carboxylic acids is 1. The molecule has 1 aliphatic rings. The number of para-hydroxylation sites is 1. The van der Waals surface area contributed by atoms with Crippen molar-refractivity contribution in [3.63, 3.8) is 0 Å². The third-order valence-corrected chi connectivity index (χ3v) is 2.95. The first kappa shape index (κ1) is 9.40. The number of rotatable bonds is 1. The van der Waals surface area contributed by atoms with Crippen LogP contribution in [0.15, 0.2) is 40.8 Å². The number of allylic oxidation sites excluding steroid dienone is 2. The zero-order valence-corrected chi connectivity index (χ0v) is 8.90. The Kier molecular flexibility index (Phi) is 2.13. The van der Waals surface area contributed by atoms with Crippen LogP contribution in [-0.2, 0) is 4.79 Å². The molecule has 16 heavy (non-hydrogen) atoms. The van der Waals surface area contributed by atoms with Crippen LogP contribution in [-0.4, -0.2) is 5.78 Å². The standard InChI is InChI=1S/C14H12O2/c15-12-6-3-5-10(8-12)14-9-11-4-1-2-7-13(11)16-14/h1-2,4,7-9H,3,5-6H2. The van der Waals surface area contributed by atoms with E-state index in [0.29, 0.717) is 6.42 Å². The van der Waals surface area contributed by atoms with E-state index in [0.717, 1.165) is 35.1 Å². The first-order valence-electron chi connectivity index (χ1n) is 5.55. The van der Waals surface area contributed by atoms with E-state index in [9.17, 15) is 4.79 Å². The third-order valence-electron chi connectivity index (χ3n) is 2.95. The van der Waals surface area contributed by atoms with Gasteiger partial charge in [0.1, 0.15) is 11.3 Å². The van der Waals surface area contributed by atoms with Crippen LogP contribution in [0.25, 0.3) is 16.5 Å². The Morgan fingerprint density at radius 1 is 1.12 bits per heavy atom. The lowest BCUT2D eigenvalue weighted by molar-refractivity contribution is -0.114. The van der Waals surface area contributed by atoms with E-state index in [1.54, 1.807) is 6.08 Å². The molecule has 1 aliphatic carbocycles. The molecule has 1 aromatic carbocycles. The average Bonchev–Trinajstić information content (AvgIpc) is 2.72. The quantitative estimate of drug-likeness (QED) is 0.723. The third kappa shape index (κ3) is 1.56. The summed E-state index contributed by atoms with van der Waals surface area (Å²) in [6.07, 6.45) is 4.26. The average molecular weight is 212 g/mol. The van der Waals surface area contributed by atoms with Crippen molar-refractivity contribution < 1.29 is 9.21 Å². The molecule has 2 nitrogen and oxygen atoms in total. The molecule has 0 radical (unpaired) electrons. The number of hydrogen-bond donors (Lipinski definition) is 0. The second-order valence-electron chi connectivity index (χ2n) is 4.14. The predicted octanol–water partition coefficient (Wildman–Crippen LogP) is 3.57. The molecule has 0 unspecified atom stereocenters. The van der Waals surface area contributed by atoms with Crippen LogP contribution >= 0.6 is 0 Å². The van der Waals surface area contributed by atoms with Crippen molar-refractivity contribution in [2.45, 2.75) is 19.3 Å². The van der Waals surface area contributed by atoms with E-state index in [1.165, 1.54) is 0 Å². The van der Waals surface area contributed by atoms with Crippen LogP contribution < -0.4 is 0 Å². The SMILES string of the molecule is O=C1C=C(c2cc3ccccc3o2)CCC1. The molecule has 1 aromatic heterocycles. The maximum Gasteiger partial charge on any atom is 0.156 e. The Morgan fingerprint density at radius 3 is 2.81 bits per heavy atom. The summed E-state index contributed by atoms with van der Waals surface area (Å²) in [4.78, 5) is 11.3. The molecule has 2 heteroatoms. The van der Waals surface area contributed by atoms with Gasteiger partial charge in [-0.05, 0) is 36.6 Å². The molecule has 0 atom stereocenters.